The molecular weight excluding hydrogens is 242 g/mol. The standard InChI is InChI=1S/C13H17N5O/c14-18-6-4-17(5-7-18)10-12-8-13(16-19-12)11-2-1-3-15-9-11/h1-3,8-9H,4-7,10,14H2. The Hall–Kier alpha value is -1.76. The molecule has 0 unspecified atom stereocenters. The zero-order valence-corrected chi connectivity index (χ0v) is 10.7. The van der Waals surface area contributed by atoms with Crippen LogP contribution in [0.4, 0.5) is 0 Å². The SMILES string of the molecule is NN1CCN(Cc2cc(-c3cccnc3)no2)CC1. The number of rotatable bonds is 3. The molecule has 6 nitrogen and oxygen atoms in total. The highest BCUT2D eigenvalue weighted by Crippen LogP contribution is 2.18. The summed E-state index contributed by atoms with van der Waals surface area (Å²) in [6, 6.07) is 5.85. The van der Waals surface area contributed by atoms with Gasteiger partial charge in [-0.05, 0) is 12.1 Å². The second-order valence-electron chi connectivity index (χ2n) is 4.73. The molecule has 2 aromatic rings. The molecule has 0 aromatic carbocycles. The summed E-state index contributed by atoms with van der Waals surface area (Å²) in [4.78, 5) is 6.40. The fourth-order valence-electron chi connectivity index (χ4n) is 2.18. The van der Waals surface area contributed by atoms with Crippen LogP contribution in [0.2, 0.25) is 0 Å². The molecule has 0 bridgehead atoms. The van der Waals surface area contributed by atoms with Gasteiger partial charge in [0.25, 0.3) is 0 Å². The number of aromatic nitrogens is 2. The van der Waals surface area contributed by atoms with Gasteiger partial charge in [0.1, 0.15) is 5.69 Å². The number of nitrogens with two attached hydrogens (primary N) is 1. The van der Waals surface area contributed by atoms with Gasteiger partial charge in [0.15, 0.2) is 5.76 Å². The van der Waals surface area contributed by atoms with Gasteiger partial charge in [-0.1, -0.05) is 5.16 Å². The molecule has 0 radical (unpaired) electrons. The number of hydrogen-bond donors (Lipinski definition) is 1. The van der Waals surface area contributed by atoms with E-state index in [-0.39, 0.29) is 0 Å². The predicted molar refractivity (Wildman–Crippen MR) is 70.8 cm³/mol. The van der Waals surface area contributed by atoms with Gasteiger partial charge in [0.05, 0.1) is 6.54 Å². The predicted octanol–water partition coefficient (Wildman–Crippen LogP) is 0.728. The molecule has 3 heterocycles. The van der Waals surface area contributed by atoms with Crippen LogP contribution in [-0.2, 0) is 6.54 Å². The van der Waals surface area contributed by atoms with E-state index < -0.39 is 0 Å². The second-order valence-corrected chi connectivity index (χ2v) is 4.73. The van der Waals surface area contributed by atoms with Gasteiger partial charge in [-0.15, -0.1) is 0 Å². The molecule has 0 saturated carbocycles. The van der Waals surface area contributed by atoms with E-state index in [1.54, 1.807) is 12.4 Å². The Morgan fingerprint density at radius 3 is 2.84 bits per heavy atom. The lowest BCUT2D eigenvalue weighted by molar-refractivity contribution is 0.119. The van der Waals surface area contributed by atoms with E-state index in [0.717, 1.165) is 49.7 Å². The summed E-state index contributed by atoms with van der Waals surface area (Å²) in [5, 5.41) is 5.94. The number of piperazine rings is 1. The van der Waals surface area contributed by atoms with Crippen LogP contribution in [-0.4, -0.2) is 46.2 Å². The summed E-state index contributed by atoms with van der Waals surface area (Å²) in [5.74, 6) is 6.61. The van der Waals surface area contributed by atoms with E-state index in [1.165, 1.54) is 0 Å². The third-order valence-corrected chi connectivity index (χ3v) is 3.30. The summed E-state index contributed by atoms with van der Waals surface area (Å²) < 4.78 is 5.38. The first-order valence-corrected chi connectivity index (χ1v) is 6.39. The highest BCUT2D eigenvalue weighted by atomic mass is 16.5. The minimum Gasteiger partial charge on any atom is -0.359 e. The van der Waals surface area contributed by atoms with Crippen LogP contribution in [0.5, 0.6) is 0 Å². The summed E-state index contributed by atoms with van der Waals surface area (Å²) >= 11 is 0. The number of nitrogens with zero attached hydrogens (tertiary/aromatic N) is 4. The van der Waals surface area contributed by atoms with Crippen molar-refractivity contribution in [3.05, 3.63) is 36.4 Å². The van der Waals surface area contributed by atoms with Crippen LogP contribution in [0, 0.1) is 0 Å². The molecule has 0 aliphatic carbocycles. The van der Waals surface area contributed by atoms with Crippen molar-refractivity contribution in [3.63, 3.8) is 0 Å². The average molecular weight is 259 g/mol. The Bertz CT molecular complexity index is 519. The second kappa shape index (κ2) is 5.48. The highest BCUT2D eigenvalue weighted by molar-refractivity contribution is 5.57. The van der Waals surface area contributed by atoms with E-state index >= 15 is 0 Å². The van der Waals surface area contributed by atoms with Crippen molar-refractivity contribution in [1.82, 2.24) is 20.0 Å². The highest BCUT2D eigenvalue weighted by Gasteiger charge is 2.16. The number of hydrazine groups is 1. The van der Waals surface area contributed by atoms with E-state index in [2.05, 4.69) is 15.0 Å². The maximum absolute atomic E-state index is 5.73. The Labute approximate surface area is 111 Å². The third-order valence-electron chi connectivity index (χ3n) is 3.30. The molecule has 6 heteroatoms. The molecule has 100 valence electrons. The molecule has 2 N–H and O–H groups in total. The summed E-state index contributed by atoms with van der Waals surface area (Å²) in [6.45, 7) is 4.48. The van der Waals surface area contributed by atoms with E-state index in [0.29, 0.717) is 0 Å². The topological polar surface area (TPSA) is 71.4 Å². The van der Waals surface area contributed by atoms with Crippen molar-refractivity contribution < 1.29 is 4.52 Å². The Morgan fingerprint density at radius 1 is 1.26 bits per heavy atom. The minimum absolute atomic E-state index is 0.779. The van der Waals surface area contributed by atoms with Crippen LogP contribution in [0.25, 0.3) is 11.3 Å². The maximum Gasteiger partial charge on any atom is 0.151 e. The molecule has 0 amide bonds. The van der Waals surface area contributed by atoms with Crippen molar-refractivity contribution in [2.45, 2.75) is 6.54 Å². The number of pyridine rings is 1. The van der Waals surface area contributed by atoms with Gasteiger partial charge in [-0.3, -0.25) is 15.7 Å². The quantitative estimate of drug-likeness (QED) is 0.819. The summed E-state index contributed by atoms with van der Waals surface area (Å²) in [6.07, 6.45) is 3.53. The maximum atomic E-state index is 5.73. The fourth-order valence-corrected chi connectivity index (χ4v) is 2.18. The van der Waals surface area contributed by atoms with Crippen molar-refractivity contribution in [1.29, 1.82) is 0 Å². The lowest BCUT2D eigenvalue weighted by Gasteiger charge is -2.30. The molecule has 1 aliphatic rings. The first-order chi connectivity index (χ1) is 9.31. The van der Waals surface area contributed by atoms with Crippen molar-refractivity contribution >= 4 is 0 Å². The molecule has 0 spiro atoms. The summed E-state index contributed by atoms with van der Waals surface area (Å²) in [5.41, 5.74) is 1.81. The first kappa shape index (κ1) is 12.3. The largest absolute Gasteiger partial charge is 0.359 e. The van der Waals surface area contributed by atoms with Gasteiger partial charge >= 0.3 is 0 Å². The molecule has 1 aliphatic heterocycles. The molecule has 1 fully saturated rings. The van der Waals surface area contributed by atoms with Crippen molar-refractivity contribution in [2.75, 3.05) is 26.2 Å². The summed E-state index contributed by atoms with van der Waals surface area (Å²) in [7, 11) is 0. The normalized spacial score (nSPS) is 17.7. The van der Waals surface area contributed by atoms with Crippen molar-refractivity contribution in [3.8, 4) is 11.3 Å². The van der Waals surface area contributed by atoms with E-state index in [9.17, 15) is 0 Å². The molecule has 19 heavy (non-hydrogen) atoms. The molecule has 2 aromatic heterocycles. The molecule has 3 rings (SSSR count). The third kappa shape index (κ3) is 2.98. The Kier molecular flexibility index (Phi) is 3.54. The lowest BCUT2D eigenvalue weighted by atomic mass is 10.2. The van der Waals surface area contributed by atoms with Crippen LogP contribution in [0.3, 0.4) is 0 Å². The van der Waals surface area contributed by atoms with Crippen LogP contribution in [0.15, 0.2) is 35.1 Å². The van der Waals surface area contributed by atoms with Crippen LogP contribution in [0.1, 0.15) is 5.76 Å². The first-order valence-electron chi connectivity index (χ1n) is 6.39. The fraction of sp³-hybridized carbons (Fsp3) is 0.385. The van der Waals surface area contributed by atoms with Gasteiger partial charge in [0, 0.05) is 50.2 Å². The van der Waals surface area contributed by atoms with Crippen LogP contribution >= 0.6 is 0 Å². The number of hydrogen-bond acceptors (Lipinski definition) is 6. The Morgan fingerprint density at radius 2 is 2.11 bits per heavy atom. The minimum atomic E-state index is 0.779. The Balaban J connectivity index is 1.65. The average Bonchev–Trinajstić information content (AvgIpc) is 2.91. The van der Waals surface area contributed by atoms with Crippen molar-refractivity contribution in [2.24, 2.45) is 5.84 Å². The zero-order chi connectivity index (χ0) is 13.1. The van der Waals surface area contributed by atoms with Gasteiger partial charge in [-0.2, -0.15) is 0 Å². The van der Waals surface area contributed by atoms with Crippen LogP contribution < -0.4 is 5.84 Å². The van der Waals surface area contributed by atoms with Gasteiger partial charge in [0.2, 0.25) is 0 Å². The van der Waals surface area contributed by atoms with E-state index in [4.69, 9.17) is 10.4 Å². The zero-order valence-electron chi connectivity index (χ0n) is 10.7. The van der Waals surface area contributed by atoms with Gasteiger partial charge < -0.3 is 4.52 Å². The monoisotopic (exact) mass is 259 g/mol. The molecular formula is C13H17N5O. The van der Waals surface area contributed by atoms with Gasteiger partial charge in [-0.25, -0.2) is 5.01 Å². The molecule has 0 atom stereocenters. The molecule has 1 saturated heterocycles. The lowest BCUT2D eigenvalue weighted by Crippen LogP contribution is -2.48. The van der Waals surface area contributed by atoms with E-state index in [1.807, 2.05) is 23.2 Å². The smallest absolute Gasteiger partial charge is 0.151 e.